The third-order valence-corrected chi connectivity index (χ3v) is 3.41. The molecule has 0 spiro atoms. The molecule has 2 rings (SSSR count). The van der Waals surface area contributed by atoms with Gasteiger partial charge < -0.3 is 4.74 Å². The van der Waals surface area contributed by atoms with Crippen molar-refractivity contribution in [3.63, 3.8) is 0 Å². The molecule has 0 saturated carbocycles. The summed E-state index contributed by atoms with van der Waals surface area (Å²) in [6.45, 7) is 2.20. The van der Waals surface area contributed by atoms with Gasteiger partial charge in [-0.05, 0) is 36.6 Å². The number of rotatable bonds is 7. The van der Waals surface area contributed by atoms with Crippen molar-refractivity contribution in [3.8, 4) is 0 Å². The molecule has 0 aliphatic carbocycles. The van der Waals surface area contributed by atoms with Crippen molar-refractivity contribution in [2.45, 2.75) is 32.6 Å². The molecular weight excluding hydrogens is 264 g/mol. The van der Waals surface area contributed by atoms with E-state index in [0.717, 1.165) is 16.3 Å². The number of carbonyl (C=O) groups excluding carboxylic acids is 2. The van der Waals surface area contributed by atoms with Gasteiger partial charge in [-0.25, -0.2) is 0 Å². The van der Waals surface area contributed by atoms with E-state index in [1.165, 1.54) is 0 Å². The fourth-order valence-electron chi connectivity index (χ4n) is 2.30. The molecule has 3 nitrogen and oxygen atoms in total. The highest BCUT2D eigenvalue weighted by molar-refractivity contribution is 5.99. The van der Waals surface area contributed by atoms with E-state index in [0.29, 0.717) is 32.3 Å². The van der Waals surface area contributed by atoms with Gasteiger partial charge in [0, 0.05) is 18.4 Å². The van der Waals surface area contributed by atoms with Crippen molar-refractivity contribution >= 4 is 22.5 Å². The number of unbranched alkanes of at least 4 members (excludes halogenated alkanes) is 1. The van der Waals surface area contributed by atoms with Gasteiger partial charge >= 0.3 is 5.97 Å². The monoisotopic (exact) mass is 284 g/mol. The second-order valence-electron chi connectivity index (χ2n) is 5.00. The molecule has 2 aromatic rings. The summed E-state index contributed by atoms with van der Waals surface area (Å²) in [5.74, 6) is -0.0553. The summed E-state index contributed by atoms with van der Waals surface area (Å²) in [5, 5.41) is 2.21. The maximum absolute atomic E-state index is 12.1. The average molecular weight is 284 g/mol. The number of carbonyl (C=O) groups is 2. The summed E-state index contributed by atoms with van der Waals surface area (Å²) in [6.07, 6.45) is 2.26. The summed E-state index contributed by atoms with van der Waals surface area (Å²) in [7, 11) is 0. The van der Waals surface area contributed by atoms with Gasteiger partial charge in [-0.2, -0.15) is 0 Å². The van der Waals surface area contributed by atoms with Crippen LogP contribution in [-0.2, 0) is 9.53 Å². The number of hydrogen-bond donors (Lipinski definition) is 0. The normalized spacial score (nSPS) is 10.5. The lowest BCUT2D eigenvalue weighted by molar-refractivity contribution is -0.143. The van der Waals surface area contributed by atoms with E-state index in [4.69, 9.17) is 4.74 Å². The number of fused-ring (bicyclic) bond motifs is 1. The van der Waals surface area contributed by atoms with E-state index < -0.39 is 0 Å². The second kappa shape index (κ2) is 7.58. The quantitative estimate of drug-likeness (QED) is 0.436. The number of ether oxygens (including phenoxy) is 1. The topological polar surface area (TPSA) is 43.4 Å². The van der Waals surface area contributed by atoms with E-state index >= 15 is 0 Å². The van der Waals surface area contributed by atoms with Crippen LogP contribution in [0.15, 0.2) is 42.5 Å². The summed E-state index contributed by atoms with van der Waals surface area (Å²) in [4.78, 5) is 23.3. The third kappa shape index (κ3) is 4.42. The molecule has 0 bridgehead atoms. The Bertz CT molecular complexity index is 631. The molecule has 3 heteroatoms. The molecule has 0 unspecified atom stereocenters. The van der Waals surface area contributed by atoms with Gasteiger partial charge in [0.1, 0.15) is 0 Å². The van der Waals surface area contributed by atoms with Crippen LogP contribution >= 0.6 is 0 Å². The van der Waals surface area contributed by atoms with E-state index in [9.17, 15) is 9.59 Å². The molecule has 2 aromatic carbocycles. The van der Waals surface area contributed by atoms with Gasteiger partial charge in [-0.15, -0.1) is 0 Å². The molecule has 0 heterocycles. The van der Waals surface area contributed by atoms with Crippen LogP contribution in [0.3, 0.4) is 0 Å². The minimum atomic E-state index is -0.185. The first-order valence-electron chi connectivity index (χ1n) is 7.38. The molecule has 21 heavy (non-hydrogen) atoms. The zero-order valence-electron chi connectivity index (χ0n) is 12.3. The van der Waals surface area contributed by atoms with Crippen LogP contribution in [0.5, 0.6) is 0 Å². The number of hydrogen-bond acceptors (Lipinski definition) is 3. The van der Waals surface area contributed by atoms with Crippen molar-refractivity contribution < 1.29 is 14.3 Å². The molecular formula is C18H20O3. The van der Waals surface area contributed by atoms with Crippen LogP contribution in [0.1, 0.15) is 43.0 Å². The minimum absolute atomic E-state index is 0.129. The van der Waals surface area contributed by atoms with Gasteiger partial charge in [0.05, 0.1) is 6.61 Å². The highest BCUT2D eigenvalue weighted by Crippen LogP contribution is 2.17. The van der Waals surface area contributed by atoms with Crippen LogP contribution in [0.25, 0.3) is 10.8 Å². The van der Waals surface area contributed by atoms with Gasteiger partial charge in [-0.1, -0.05) is 36.4 Å². The van der Waals surface area contributed by atoms with Crippen LogP contribution in [-0.4, -0.2) is 18.4 Å². The van der Waals surface area contributed by atoms with Crippen molar-refractivity contribution in [2.24, 2.45) is 0 Å². The molecule has 110 valence electrons. The average Bonchev–Trinajstić information content (AvgIpc) is 2.51. The van der Waals surface area contributed by atoms with Crippen molar-refractivity contribution in [1.82, 2.24) is 0 Å². The number of ketones is 1. The van der Waals surface area contributed by atoms with E-state index in [-0.39, 0.29) is 11.8 Å². The minimum Gasteiger partial charge on any atom is -0.466 e. The van der Waals surface area contributed by atoms with E-state index in [1.54, 1.807) is 6.92 Å². The lowest BCUT2D eigenvalue weighted by atomic mass is 10.0. The first-order chi connectivity index (χ1) is 10.2. The molecule has 0 aliphatic heterocycles. The van der Waals surface area contributed by atoms with Crippen LogP contribution in [0, 0.1) is 0 Å². The molecule has 0 N–H and O–H groups in total. The number of Topliss-reactive ketones (excluding diaryl/α,β-unsaturated/α-hetero) is 1. The maximum atomic E-state index is 12.1. The Hall–Kier alpha value is -2.16. The van der Waals surface area contributed by atoms with Crippen LogP contribution in [0.2, 0.25) is 0 Å². The van der Waals surface area contributed by atoms with Gasteiger partial charge in [0.25, 0.3) is 0 Å². The third-order valence-electron chi connectivity index (χ3n) is 3.41. The summed E-state index contributed by atoms with van der Waals surface area (Å²) in [5.41, 5.74) is 0.741. The van der Waals surface area contributed by atoms with Gasteiger partial charge in [0.2, 0.25) is 0 Å². The summed E-state index contributed by atoms with van der Waals surface area (Å²) < 4.78 is 4.86. The summed E-state index contributed by atoms with van der Waals surface area (Å²) in [6, 6.07) is 13.8. The SMILES string of the molecule is CCOC(=O)CCCCC(=O)c1ccc2ccccc2c1. The Kier molecular flexibility index (Phi) is 5.50. The number of benzene rings is 2. The smallest absolute Gasteiger partial charge is 0.305 e. The molecule has 0 aromatic heterocycles. The van der Waals surface area contributed by atoms with Crippen LogP contribution in [0.4, 0.5) is 0 Å². The standard InChI is InChI=1S/C18H20O3/c1-2-21-18(20)10-6-5-9-17(19)16-12-11-14-7-3-4-8-15(14)13-16/h3-4,7-8,11-13H,2,5-6,9-10H2,1H3. The number of esters is 1. The maximum Gasteiger partial charge on any atom is 0.305 e. The van der Waals surface area contributed by atoms with Crippen molar-refractivity contribution in [1.29, 1.82) is 0 Å². The Labute approximate surface area is 124 Å². The lowest BCUT2D eigenvalue weighted by Crippen LogP contribution is -2.04. The van der Waals surface area contributed by atoms with Crippen molar-refractivity contribution in [2.75, 3.05) is 6.61 Å². The molecule has 0 atom stereocenters. The fourth-order valence-corrected chi connectivity index (χ4v) is 2.30. The van der Waals surface area contributed by atoms with Gasteiger partial charge in [-0.3, -0.25) is 9.59 Å². The zero-order valence-corrected chi connectivity index (χ0v) is 12.3. The summed E-state index contributed by atoms with van der Waals surface area (Å²) >= 11 is 0. The predicted molar refractivity (Wildman–Crippen MR) is 83.4 cm³/mol. The highest BCUT2D eigenvalue weighted by Gasteiger charge is 2.07. The lowest BCUT2D eigenvalue weighted by Gasteiger charge is -2.04. The Morgan fingerprint density at radius 3 is 2.43 bits per heavy atom. The van der Waals surface area contributed by atoms with Crippen LogP contribution < -0.4 is 0 Å². The van der Waals surface area contributed by atoms with E-state index in [1.807, 2.05) is 42.5 Å². The highest BCUT2D eigenvalue weighted by atomic mass is 16.5. The first kappa shape index (κ1) is 15.2. The van der Waals surface area contributed by atoms with Crippen molar-refractivity contribution in [3.05, 3.63) is 48.0 Å². The predicted octanol–water partition coefficient (Wildman–Crippen LogP) is 4.15. The molecule has 0 aliphatic rings. The largest absolute Gasteiger partial charge is 0.466 e. The fraction of sp³-hybridized carbons (Fsp3) is 0.333. The second-order valence-corrected chi connectivity index (χ2v) is 5.00. The molecule has 0 radical (unpaired) electrons. The molecule has 0 saturated heterocycles. The van der Waals surface area contributed by atoms with Gasteiger partial charge in [0.15, 0.2) is 5.78 Å². The Balaban J connectivity index is 1.86. The Morgan fingerprint density at radius 2 is 1.67 bits per heavy atom. The molecule has 0 fully saturated rings. The zero-order chi connectivity index (χ0) is 15.1. The first-order valence-corrected chi connectivity index (χ1v) is 7.38. The Morgan fingerprint density at radius 1 is 0.952 bits per heavy atom. The molecule has 0 amide bonds. The van der Waals surface area contributed by atoms with E-state index in [2.05, 4.69) is 0 Å².